The lowest BCUT2D eigenvalue weighted by Crippen LogP contribution is -2.43. The molecule has 5 nitrogen and oxygen atoms in total. The van der Waals surface area contributed by atoms with E-state index in [1.165, 1.54) is 12.2 Å². The van der Waals surface area contributed by atoms with Gasteiger partial charge in [0.05, 0.1) is 25.5 Å². The molecule has 0 radical (unpaired) electrons. The molecular weight excluding hydrogens is 234 g/mol. The first-order valence-electron chi connectivity index (χ1n) is 6.55. The van der Waals surface area contributed by atoms with Crippen molar-refractivity contribution in [2.45, 2.75) is 39.5 Å². The van der Waals surface area contributed by atoms with Crippen molar-refractivity contribution >= 4 is 11.9 Å². The number of aliphatic carboxylic acids is 1. The average Bonchev–Trinajstić information content (AvgIpc) is 2.34. The molecule has 0 bridgehead atoms. The lowest BCUT2D eigenvalue weighted by atomic mass is 9.78. The van der Waals surface area contributed by atoms with Crippen molar-refractivity contribution in [3.8, 4) is 0 Å². The van der Waals surface area contributed by atoms with Crippen LogP contribution in [0.4, 0.5) is 0 Å². The summed E-state index contributed by atoms with van der Waals surface area (Å²) in [4.78, 5) is 28.6. The molecule has 0 heterocycles. The summed E-state index contributed by atoms with van der Waals surface area (Å²) in [6, 6.07) is 0. The van der Waals surface area contributed by atoms with Crippen molar-refractivity contribution in [3.63, 3.8) is 0 Å². The number of carbonyl (C=O) groups excluding carboxylic acids is 1. The van der Waals surface area contributed by atoms with Crippen LogP contribution in [0.2, 0.25) is 0 Å². The summed E-state index contributed by atoms with van der Waals surface area (Å²) in [5.74, 6) is -1.75. The molecule has 0 aromatic rings. The Bertz CT molecular complexity index is 303. The van der Waals surface area contributed by atoms with Crippen LogP contribution in [0.15, 0.2) is 0 Å². The SMILES string of the molecule is CON(CC(C)C)C(=O)[C@@H]1CCCC[C@@H]1C(=O)O. The van der Waals surface area contributed by atoms with Crippen molar-refractivity contribution in [1.29, 1.82) is 0 Å². The van der Waals surface area contributed by atoms with Crippen LogP contribution < -0.4 is 0 Å². The zero-order valence-corrected chi connectivity index (χ0v) is 11.4. The maximum atomic E-state index is 12.3. The van der Waals surface area contributed by atoms with Crippen LogP contribution >= 0.6 is 0 Å². The summed E-state index contributed by atoms with van der Waals surface area (Å²) >= 11 is 0. The maximum absolute atomic E-state index is 12.3. The Labute approximate surface area is 108 Å². The lowest BCUT2D eigenvalue weighted by molar-refractivity contribution is -0.187. The highest BCUT2D eigenvalue weighted by Crippen LogP contribution is 2.31. The Morgan fingerprint density at radius 2 is 1.83 bits per heavy atom. The molecule has 1 fully saturated rings. The Morgan fingerprint density at radius 1 is 1.28 bits per heavy atom. The first-order chi connectivity index (χ1) is 8.47. The monoisotopic (exact) mass is 257 g/mol. The van der Waals surface area contributed by atoms with E-state index in [2.05, 4.69) is 0 Å². The molecule has 1 saturated carbocycles. The third-order valence-corrected chi connectivity index (χ3v) is 3.40. The van der Waals surface area contributed by atoms with Gasteiger partial charge in [0.25, 0.3) is 0 Å². The molecule has 2 atom stereocenters. The molecule has 1 aliphatic carbocycles. The van der Waals surface area contributed by atoms with Gasteiger partial charge in [-0.2, -0.15) is 0 Å². The summed E-state index contributed by atoms with van der Waals surface area (Å²) in [6.07, 6.45) is 3.04. The number of carbonyl (C=O) groups is 2. The molecule has 1 rings (SSSR count). The summed E-state index contributed by atoms with van der Waals surface area (Å²) in [7, 11) is 1.46. The fraction of sp³-hybridized carbons (Fsp3) is 0.846. The second kappa shape index (κ2) is 6.73. The van der Waals surface area contributed by atoms with Crippen molar-refractivity contribution < 1.29 is 19.5 Å². The molecular formula is C13H23NO4. The van der Waals surface area contributed by atoms with E-state index in [0.717, 1.165) is 12.8 Å². The summed E-state index contributed by atoms with van der Waals surface area (Å²) in [5.41, 5.74) is 0. The van der Waals surface area contributed by atoms with Crippen LogP contribution in [0.3, 0.4) is 0 Å². The predicted octanol–water partition coefficient (Wildman–Crippen LogP) is 1.92. The van der Waals surface area contributed by atoms with E-state index >= 15 is 0 Å². The molecule has 0 aliphatic heterocycles. The topological polar surface area (TPSA) is 66.8 Å². The standard InChI is InChI=1S/C13H23NO4/c1-9(2)8-14(18-3)12(15)10-6-4-5-7-11(10)13(16)17/h9-11H,4-8H2,1-3H3,(H,16,17)/t10-,11+/m1/s1. The molecule has 0 unspecified atom stereocenters. The number of rotatable bonds is 5. The molecule has 5 heteroatoms. The lowest BCUT2D eigenvalue weighted by Gasteiger charge is -2.32. The highest BCUT2D eigenvalue weighted by atomic mass is 16.7. The van der Waals surface area contributed by atoms with E-state index in [-0.39, 0.29) is 5.91 Å². The zero-order valence-electron chi connectivity index (χ0n) is 11.4. The number of hydrogen-bond acceptors (Lipinski definition) is 3. The highest BCUT2D eigenvalue weighted by Gasteiger charge is 2.38. The van der Waals surface area contributed by atoms with Gasteiger partial charge in [0.2, 0.25) is 5.91 Å². The number of carboxylic acid groups (broad SMARTS) is 1. The number of hydroxylamine groups is 2. The molecule has 1 amide bonds. The van der Waals surface area contributed by atoms with E-state index in [0.29, 0.717) is 25.3 Å². The van der Waals surface area contributed by atoms with Crippen LogP contribution in [0.1, 0.15) is 39.5 Å². The maximum Gasteiger partial charge on any atom is 0.307 e. The highest BCUT2D eigenvalue weighted by molar-refractivity contribution is 5.84. The van der Waals surface area contributed by atoms with Gasteiger partial charge in [-0.25, -0.2) is 5.06 Å². The largest absolute Gasteiger partial charge is 0.481 e. The fourth-order valence-electron chi connectivity index (χ4n) is 2.49. The van der Waals surface area contributed by atoms with E-state index < -0.39 is 17.8 Å². The summed E-state index contributed by atoms with van der Waals surface area (Å²) < 4.78 is 0. The quantitative estimate of drug-likeness (QED) is 0.764. The summed E-state index contributed by atoms with van der Waals surface area (Å²) in [5, 5.41) is 10.5. The van der Waals surface area contributed by atoms with Crippen molar-refractivity contribution in [1.82, 2.24) is 5.06 Å². The van der Waals surface area contributed by atoms with Gasteiger partial charge >= 0.3 is 5.97 Å². The third-order valence-electron chi connectivity index (χ3n) is 3.40. The van der Waals surface area contributed by atoms with Crippen molar-refractivity contribution in [3.05, 3.63) is 0 Å². The Kier molecular flexibility index (Phi) is 5.59. The van der Waals surface area contributed by atoms with Crippen LogP contribution in [-0.2, 0) is 14.4 Å². The molecule has 0 saturated heterocycles. The zero-order chi connectivity index (χ0) is 13.7. The Hall–Kier alpha value is -1.10. The second-order valence-electron chi connectivity index (χ2n) is 5.31. The molecule has 104 valence electrons. The van der Waals surface area contributed by atoms with Crippen LogP contribution in [0, 0.1) is 17.8 Å². The smallest absolute Gasteiger partial charge is 0.307 e. The minimum Gasteiger partial charge on any atom is -0.481 e. The number of hydrogen-bond donors (Lipinski definition) is 1. The Balaban J connectivity index is 2.75. The van der Waals surface area contributed by atoms with Crippen molar-refractivity contribution in [2.24, 2.45) is 17.8 Å². The molecule has 18 heavy (non-hydrogen) atoms. The molecule has 1 N–H and O–H groups in total. The minimum absolute atomic E-state index is 0.182. The van der Waals surface area contributed by atoms with Crippen LogP contribution in [0.5, 0.6) is 0 Å². The number of carboxylic acids is 1. The van der Waals surface area contributed by atoms with Gasteiger partial charge < -0.3 is 5.11 Å². The van der Waals surface area contributed by atoms with E-state index in [9.17, 15) is 14.7 Å². The van der Waals surface area contributed by atoms with Gasteiger partial charge in [0.15, 0.2) is 0 Å². The number of amides is 1. The first kappa shape index (κ1) is 15.0. The van der Waals surface area contributed by atoms with Gasteiger partial charge in [0.1, 0.15) is 0 Å². The third kappa shape index (κ3) is 3.70. The van der Waals surface area contributed by atoms with Crippen LogP contribution in [-0.4, -0.2) is 35.7 Å². The Morgan fingerprint density at radius 3 is 2.28 bits per heavy atom. The minimum atomic E-state index is -0.867. The second-order valence-corrected chi connectivity index (χ2v) is 5.31. The first-order valence-corrected chi connectivity index (χ1v) is 6.55. The van der Waals surface area contributed by atoms with Gasteiger partial charge in [-0.3, -0.25) is 14.4 Å². The molecule has 1 aliphatic rings. The normalized spacial score (nSPS) is 24.0. The summed E-state index contributed by atoms with van der Waals surface area (Å²) in [6.45, 7) is 4.49. The fourth-order valence-corrected chi connectivity index (χ4v) is 2.49. The van der Waals surface area contributed by atoms with E-state index in [1.807, 2.05) is 13.8 Å². The van der Waals surface area contributed by atoms with Crippen molar-refractivity contribution in [2.75, 3.05) is 13.7 Å². The average molecular weight is 257 g/mol. The van der Waals surface area contributed by atoms with Gasteiger partial charge in [-0.15, -0.1) is 0 Å². The van der Waals surface area contributed by atoms with Gasteiger partial charge in [0, 0.05) is 0 Å². The van der Waals surface area contributed by atoms with Gasteiger partial charge in [-0.05, 0) is 18.8 Å². The molecule has 0 aromatic carbocycles. The van der Waals surface area contributed by atoms with E-state index in [4.69, 9.17) is 4.84 Å². The molecule has 0 aromatic heterocycles. The van der Waals surface area contributed by atoms with Gasteiger partial charge in [-0.1, -0.05) is 26.7 Å². The number of nitrogens with zero attached hydrogens (tertiary/aromatic N) is 1. The predicted molar refractivity (Wildman–Crippen MR) is 66.6 cm³/mol. The van der Waals surface area contributed by atoms with E-state index in [1.54, 1.807) is 0 Å². The van der Waals surface area contributed by atoms with Crippen LogP contribution in [0.25, 0.3) is 0 Å². The molecule has 0 spiro atoms.